The molecule has 0 bridgehead atoms. The lowest BCUT2D eigenvalue weighted by Gasteiger charge is -2.27. The Morgan fingerprint density at radius 2 is 1.97 bits per heavy atom. The molecule has 0 spiro atoms. The maximum Gasteiger partial charge on any atom is 0.166 e. The van der Waals surface area contributed by atoms with Gasteiger partial charge in [-0.05, 0) is 19.1 Å². The average molecular weight is 513 g/mol. The van der Waals surface area contributed by atoms with E-state index in [1.807, 2.05) is 33.9 Å². The topological polar surface area (TPSA) is 146 Å². The number of hydrogen-bond donors (Lipinski definition) is 4. The molecule has 0 fully saturated rings. The number of imidazole rings is 2. The van der Waals surface area contributed by atoms with Crippen LogP contribution in [0.2, 0.25) is 0 Å². The molecule has 0 saturated carbocycles. The SMILES string of the molecule is Cc1cn(-c2nccc3[nH]c(-c4n[nH]c5ncc(-c6cncc(NC(O)C(C)(C)C)c6)c(F)c45)nc23)cn1. The minimum atomic E-state index is -0.816. The first-order chi connectivity index (χ1) is 18.2. The minimum absolute atomic E-state index is 0.197. The summed E-state index contributed by atoms with van der Waals surface area (Å²) >= 11 is 0. The number of aromatic nitrogens is 9. The molecule has 4 N–H and O–H groups in total. The summed E-state index contributed by atoms with van der Waals surface area (Å²) in [6.07, 6.45) is 8.94. The number of aliphatic hydroxyl groups excluding tert-OH is 1. The van der Waals surface area contributed by atoms with Crippen LogP contribution in [-0.4, -0.2) is 56.0 Å². The van der Waals surface area contributed by atoms with Crippen LogP contribution < -0.4 is 5.32 Å². The molecule has 6 aromatic heterocycles. The normalized spacial score (nSPS) is 12.9. The summed E-state index contributed by atoms with van der Waals surface area (Å²) < 4.78 is 17.8. The summed E-state index contributed by atoms with van der Waals surface area (Å²) in [4.78, 5) is 25.3. The number of H-pyrrole nitrogens is 2. The molecule has 0 radical (unpaired) electrons. The molecule has 192 valence electrons. The highest BCUT2D eigenvalue weighted by Crippen LogP contribution is 2.34. The Morgan fingerprint density at radius 1 is 1.13 bits per heavy atom. The van der Waals surface area contributed by atoms with E-state index in [2.05, 4.69) is 40.4 Å². The van der Waals surface area contributed by atoms with Crippen molar-refractivity contribution in [3.8, 4) is 28.5 Å². The van der Waals surface area contributed by atoms with E-state index < -0.39 is 17.5 Å². The van der Waals surface area contributed by atoms with Crippen molar-refractivity contribution in [2.45, 2.75) is 33.9 Å². The Kier molecular flexibility index (Phi) is 5.42. The third-order valence-corrected chi connectivity index (χ3v) is 6.26. The number of anilines is 1. The van der Waals surface area contributed by atoms with Gasteiger partial charge in [-0.3, -0.25) is 14.6 Å². The van der Waals surface area contributed by atoms with E-state index >= 15 is 4.39 Å². The molecular weight excluding hydrogens is 487 g/mol. The molecule has 0 aliphatic carbocycles. The number of aromatic amines is 2. The molecule has 6 rings (SSSR count). The molecule has 0 aliphatic heterocycles. The van der Waals surface area contributed by atoms with Gasteiger partial charge < -0.3 is 15.4 Å². The van der Waals surface area contributed by atoms with E-state index in [0.29, 0.717) is 34.1 Å². The zero-order valence-electron chi connectivity index (χ0n) is 21.2. The third-order valence-electron chi connectivity index (χ3n) is 6.26. The van der Waals surface area contributed by atoms with Gasteiger partial charge in [-0.15, -0.1) is 0 Å². The van der Waals surface area contributed by atoms with Gasteiger partial charge in [-0.1, -0.05) is 20.8 Å². The van der Waals surface area contributed by atoms with Crippen LogP contribution in [0.15, 0.2) is 49.4 Å². The highest BCUT2D eigenvalue weighted by molar-refractivity contribution is 5.95. The number of rotatable bonds is 5. The van der Waals surface area contributed by atoms with Crippen LogP contribution in [-0.2, 0) is 0 Å². The number of nitrogens with zero attached hydrogens (tertiary/aromatic N) is 7. The fourth-order valence-corrected chi connectivity index (χ4v) is 4.13. The minimum Gasteiger partial charge on any atom is -0.373 e. The van der Waals surface area contributed by atoms with Crippen molar-refractivity contribution in [3.63, 3.8) is 0 Å². The van der Waals surface area contributed by atoms with Crippen LogP contribution in [0.1, 0.15) is 26.5 Å². The summed E-state index contributed by atoms with van der Waals surface area (Å²) in [5.74, 6) is 0.452. The van der Waals surface area contributed by atoms with Crippen LogP contribution in [0, 0.1) is 18.2 Å². The number of aryl methyl sites for hydroxylation is 1. The van der Waals surface area contributed by atoms with E-state index in [1.54, 1.807) is 41.6 Å². The fraction of sp³-hybridized carbons (Fsp3) is 0.231. The molecule has 11 nitrogen and oxygen atoms in total. The van der Waals surface area contributed by atoms with Crippen LogP contribution in [0.25, 0.3) is 50.5 Å². The highest BCUT2D eigenvalue weighted by Gasteiger charge is 2.24. The second-order valence-electron chi connectivity index (χ2n) is 10.2. The van der Waals surface area contributed by atoms with Crippen molar-refractivity contribution in [1.29, 1.82) is 0 Å². The van der Waals surface area contributed by atoms with Gasteiger partial charge in [0.2, 0.25) is 0 Å². The van der Waals surface area contributed by atoms with Gasteiger partial charge >= 0.3 is 0 Å². The Labute approximate surface area is 216 Å². The summed E-state index contributed by atoms with van der Waals surface area (Å²) in [6, 6.07) is 3.52. The Balaban J connectivity index is 1.43. The maximum atomic E-state index is 16.1. The first-order valence-electron chi connectivity index (χ1n) is 12.0. The standard InChI is InChI=1S/C26H25FN10O/c1-13-11-37(12-31-13)24-20-17(5-6-29-24)33-23(34-20)21-18-19(27)16(10-30-22(18)36-35-21)14-7-15(9-28-8-14)32-25(38)26(2,3)4/h5-12,25,32,38H,1-4H3,(H,33,34)(H,30,35,36). The van der Waals surface area contributed by atoms with E-state index in [1.165, 1.54) is 6.20 Å². The number of fused-ring (bicyclic) bond motifs is 2. The van der Waals surface area contributed by atoms with Crippen molar-refractivity contribution >= 4 is 27.8 Å². The molecule has 1 unspecified atom stereocenters. The number of pyridine rings is 3. The lowest BCUT2D eigenvalue weighted by molar-refractivity contribution is 0.0880. The smallest absolute Gasteiger partial charge is 0.166 e. The average Bonchev–Trinajstić information content (AvgIpc) is 3.61. The van der Waals surface area contributed by atoms with Crippen LogP contribution in [0.4, 0.5) is 10.1 Å². The monoisotopic (exact) mass is 512 g/mol. The van der Waals surface area contributed by atoms with Gasteiger partial charge in [0, 0.05) is 41.3 Å². The van der Waals surface area contributed by atoms with Gasteiger partial charge in [0.05, 0.1) is 28.5 Å². The van der Waals surface area contributed by atoms with Gasteiger partial charge in [0.1, 0.15) is 29.6 Å². The molecule has 0 saturated heterocycles. The van der Waals surface area contributed by atoms with Gasteiger partial charge in [0.15, 0.2) is 17.3 Å². The molecule has 6 heterocycles. The zero-order valence-corrected chi connectivity index (χ0v) is 21.2. The van der Waals surface area contributed by atoms with Crippen LogP contribution in [0.3, 0.4) is 0 Å². The number of halogens is 1. The molecule has 0 aromatic carbocycles. The summed E-state index contributed by atoms with van der Waals surface area (Å²) in [5, 5.41) is 20.8. The van der Waals surface area contributed by atoms with Crippen LogP contribution >= 0.6 is 0 Å². The predicted molar refractivity (Wildman–Crippen MR) is 141 cm³/mol. The summed E-state index contributed by atoms with van der Waals surface area (Å²) in [6.45, 7) is 7.62. The van der Waals surface area contributed by atoms with E-state index in [0.717, 1.165) is 11.2 Å². The lowest BCUT2D eigenvalue weighted by atomic mass is 9.94. The molecular formula is C26H25FN10O. The van der Waals surface area contributed by atoms with Crippen molar-refractivity contribution in [2.75, 3.05) is 5.32 Å². The highest BCUT2D eigenvalue weighted by atomic mass is 19.1. The lowest BCUT2D eigenvalue weighted by Crippen LogP contribution is -2.33. The third kappa shape index (κ3) is 4.04. The Morgan fingerprint density at radius 3 is 2.74 bits per heavy atom. The first kappa shape index (κ1) is 23.7. The molecule has 38 heavy (non-hydrogen) atoms. The van der Waals surface area contributed by atoms with Crippen molar-refractivity contribution in [2.24, 2.45) is 5.41 Å². The van der Waals surface area contributed by atoms with Gasteiger partial charge in [-0.25, -0.2) is 24.3 Å². The number of aliphatic hydroxyl groups is 1. The summed E-state index contributed by atoms with van der Waals surface area (Å²) in [5.41, 5.74) is 3.65. The number of hydrogen-bond acceptors (Lipinski definition) is 8. The maximum absolute atomic E-state index is 16.1. The van der Waals surface area contributed by atoms with Crippen molar-refractivity contribution < 1.29 is 9.50 Å². The fourth-order valence-electron chi connectivity index (χ4n) is 4.13. The molecule has 1 atom stereocenters. The Bertz CT molecular complexity index is 1800. The number of nitrogens with one attached hydrogen (secondary N) is 3. The molecule has 6 aromatic rings. The summed E-state index contributed by atoms with van der Waals surface area (Å²) in [7, 11) is 0. The van der Waals surface area contributed by atoms with Gasteiger partial charge in [-0.2, -0.15) is 5.10 Å². The van der Waals surface area contributed by atoms with Crippen molar-refractivity contribution in [1.82, 2.24) is 44.7 Å². The molecule has 0 aliphatic rings. The van der Waals surface area contributed by atoms with Crippen LogP contribution in [0.5, 0.6) is 0 Å². The second kappa shape index (κ2) is 8.70. The van der Waals surface area contributed by atoms with E-state index in [-0.39, 0.29) is 16.6 Å². The van der Waals surface area contributed by atoms with Crippen molar-refractivity contribution in [3.05, 3.63) is 61.0 Å². The quantitative estimate of drug-likeness (QED) is 0.249. The zero-order chi connectivity index (χ0) is 26.6. The predicted octanol–water partition coefficient (Wildman–Crippen LogP) is 4.37. The van der Waals surface area contributed by atoms with E-state index in [9.17, 15) is 5.11 Å². The van der Waals surface area contributed by atoms with Gasteiger partial charge in [0.25, 0.3) is 0 Å². The second-order valence-corrected chi connectivity index (χ2v) is 10.2. The largest absolute Gasteiger partial charge is 0.373 e. The Hall–Kier alpha value is -4.71. The molecule has 0 amide bonds. The molecule has 12 heteroatoms. The first-order valence-corrected chi connectivity index (χ1v) is 12.0. The van der Waals surface area contributed by atoms with E-state index in [4.69, 9.17) is 4.98 Å².